The van der Waals surface area contributed by atoms with Crippen molar-refractivity contribution in [2.45, 2.75) is 47.1 Å². The zero-order valence-electron chi connectivity index (χ0n) is 14.1. The third-order valence-electron chi connectivity index (χ3n) is 4.32. The van der Waals surface area contributed by atoms with Crippen LogP contribution in [-0.2, 0) is 7.05 Å². The van der Waals surface area contributed by atoms with E-state index in [9.17, 15) is 0 Å². The molecular formula is C18H27N3. The Balaban J connectivity index is 2.49. The molecule has 0 bridgehead atoms. The van der Waals surface area contributed by atoms with Gasteiger partial charge < -0.3 is 5.32 Å². The lowest BCUT2D eigenvalue weighted by molar-refractivity contribution is 0.592. The summed E-state index contributed by atoms with van der Waals surface area (Å²) in [7, 11) is 2.02. The van der Waals surface area contributed by atoms with Crippen LogP contribution in [0.15, 0.2) is 18.2 Å². The molecule has 1 aromatic carbocycles. The van der Waals surface area contributed by atoms with Crippen LogP contribution >= 0.6 is 0 Å². The van der Waals surface area contributed by atoms with Gasteiger partial charge in [0.05, 0.1) is 11.7 Å². The quantitative estimate of drug-likeness (QED) is 0.907. The lowest BCUT2D eigenvalue weighted by Gasteiger charge is -2.21. The van der Waals surface area contributed by atoms with Crippen LogP contribution in [-0.4, -0.2) is 16.3 Å². The molecule has 0 saturated heterocycles. The fraction of sp³-hybridized carbons (Fsp3) is 0.500. The van der Waals surface area contributed by atoms with Crippen molar-refractivity contribution in [2.24, 2.45) is 7.05 Å². The summed E-state index contributed by atoms with van der Waals surface area (Å²) in [6, 6.07) is 6.97. The molecule has 0 fully saturated rings. The highest BCUT2D eigenvalue weighted by Crippen LogP contribution is 2.28. The number of benzene rings is 1. The van der Waals surface area contributed by atoms with Crippen LogP contribution in [0.2, 0.25) is 0 Å². The van der Waals surface area contributed by atoms with E-state index in [4.69, 9.17) is 0 Å². The number of hydrogen-bond donors (Lipinski definition) is 1. The van der Waals surface area contributed by atoms with Crippen LogP contribution < -0.4 is 5.32 Å². The largest absolute Gasteiger partial charge is 0.306 e. The molecule has 3 heteroatoms. The van der Waals surface area contributed by atoms with Gasteiger partial charge in [0, 0.05) is 18.3 Å². The SMILES string of the molecule is CCCNC(c1ccc(C)c(C)c1)c1c(C)nn(C)c1C. The fourth-order valence-corrected chi connectivity index (χ4v) is 2.83. The molecule has 0 radical (unpaired) electrons. The van der Waals surface area contributed by atoms with E-state index >= 15 is 0 Å². The van der Waals surface area contributed by atoms with Gasteiger partial charge in [0.2, 0.25) is 0 Å². The molecule has 0 aliphatic carbocycles. The fourth-order valence-electron chi connectivity index (χ4n) is 2.83. The second kappa shape index (κ2) is 6.44. The number of aromatic nitrogens is 2. The third kappa shape index (κ3) is 3.18. The summed E-state index contributed by atoms with van der Waals surface area (Å²) in [4.78, 5) is 0. The van der Waals surface area contributed by atoms with Gasteiger partial charge in [-0.1, -0.05) is 25.1 Å². The van der Waals surface area contributed by atoms with Crippen LogP contribution in [0, 0.1) is 27.7 Å². The first-order valence-corrected chi connectivity index (χ1v) is 7.76. The average Bonchev–Trinajstić information content (AvgIpc) is 2.69. The summed E-state index contributed by atoms with van der Waals surface area (Å²) in [5.41, 5.74) is 7.67. The summed E-state index contributed by atoms with van der Waals surface area (Å²) in [5, 5.41) is 8.27. The van der Waals surface area contributed by atoms with Gasteiger partial charge >= 0.3 is 0 Å². The van der Waals surface area contributed by atoms with E-state index in [0.717, 1.165) is 18.7 Å². The zero-order chi connectivity index (χ0) is 15.6. The van der Waals surface area contributed by atoms with E-state index in [1.807, 2.05) is 11.7 Å². The minimum absolute atomic E-state index is 0.220. The lowest BCUT2D eigenvalue weighted by Crippen LogP contribution is -2.24. The second-order valence-electron chi connectivity index (χ2n) is 5.94. The average molecular weight is 285 g/mol. The predicted molar refractivity (Wildman–Crippen MR) is 88.7 cm³/mol. The second-order valence-corrected chi connectivity index (χ2v) is 5.94. The first-order valence-electron chi connectivity index (χ1n) is 7.76. The third-order valence-corrected chi connectivity index (χ3v) is 4.32. The van der Waals surface area contributed by atoms with Crippen molar-refractivity contribution in [3.05, 3.63) is 51.8 Å². The molecule has 2 rings (SSSR count). The molecular weight excluding hydrogens is 258 g/mol. The maximum atomic E-state index is 4.58. The van der Waals surface area contributed by atoms with Crippen molar-refractivity contribution in [2.75, 3.05) is 6.54 Å². The molecule has 0 saturated carbocycles. The lowest BCUT2D eigenvalue weighted by atomic mass is 9.94. The number of nitrogens with zero attached hydrogens (tertiary/aromatic N) is 2. The number of hydrogen-bond acceptors (Lipinski definition) is 2. The number of nitrogens with one attached hydrogen (secondary N) is 1. The van der Waals surface area contributed by atoms with Crippen LogP contribution in [0.1, 0.15) is 53.0 Å². The van der Waals surface area contributed by atoms with Gasteiger partial charge in [0.15, 0.2) is 0 Å². The van der Waals surface area contributed by atoms with E-state index in [0.29, 0.717) is 0 Å². The maximum Gasteiger partial charge on any atom is 0.0647 e. The molecule has 0 aliphatic heterocycles. The Hall–Kier alpha value is -1.61. The van der Waals surface area contributed by atoms with Gasteiger partial charge in [-0.2, -0.15) is 5.10 Å². The molecule has 0 spiro atoms. The van der Waals surface area contributed by atoms with Crippen molar-refractivity contribution < 1.29 is 0 Å². The smallest absolute Gasteiger partial charge is 0.0647 e. The normalized spacial score (nSPS) is 12.7. The maximum absolute atomic E-state index is 4.58. The zero-order valence-corrected chi connectivity index (χ0v) is 14.1. The van der Waals surface area contributed by atoms with Crippen LogP contribution in [0.4, 0.5) is 0 Å². The van der Waals surface area contributed by atoms with Crippen molar-refractivity contribution >= 4 is 0 Å². The minimum Gasteiger partial charge on any atom is -0.306 e. The summed E-state index contributed by atoms with van der Waals surface area (Å²) in [5.74, 6) is 0. The highest BCUT2D eigenvalue weighted by molar-refractivity contribution is 5.40. The van der Waals surface area contributed by atoms with E-state index in [1.165, 1.54) is 27.9 Å². The van der Waals surface area contributed by atoms with Crippen molar-refractivity contribution in [1.29, 1.82) is 0 Å². The Bertz CT molecular complexity index is 626. The molecule has 21 heavy (non-hydrogen) atoms. The van der Waals surface area contributed by atoms with Gasteiger partial charge in [0.1, 0.15) is 0 Å². The molecule has 0 aliphatic rings. The monoisotopic (exact) mass is 285 g/mol. The van der Waals surface area contributed by atoms with E-state index < -0.39 is 0 Å². The molecule has 114 valence electrons. The summed E-state index contributed by atoms with van der Waals surface area (Å²) in [6.45, 7) is 11.8. The predicted octanol–water partition coefficient (Wildman–Crippen LogP) is 3.74. The Morgan fingerprint density at radius 2 is 1.86 bits per heavy atom. The highest BCUT2D eigenvalue weighted by atomic mass is 15.3. The highest BCUT2D eigenvalue weighted by Gasteiger charge is 2.21. The van der Waals surface area contributed by atoms with Crippen molar-refractivity contribution in [1.82, 2.24) is 15.1 Å². The molecule has 1 atom stereocenters. The standard InChI is InChI=1S/C18H27N3/c1-7-10-19-18(16-9-8-12(2)13(3)11-16)17-14(4)20-21(6)15(17)5/h8-9,11,18-19H,7,10H2,1-6H3. The molecule has 1 aromatic heterocycles. The first-order chi connectivity index (χ1) is 9.95. The molecule has 0 amide bonds. The van der Waals surface area contributed by atoms with Gasteiger partial charge in [-0.15, -0.1) is 0 Å². The van der Waals surface area contributed by atoms with Gasteiger partial charge in [0.25, 0.3) is 0 Å². The minimum atomic E-state index is 0.220. The van der Waals surface area contributed by atoms with E-state index in [2.05, 4.69) is 63.2 Å². The molecule has 3 nitrogen and oxygen atoms in total. The van der Waals surface area contributed by atoms with Crippen LogP contribution in [0.3, 0.4) is 0 Å². The Kier molecular flexibility index (Phi) is 4.84. The van der Waals surface area contributed by atoms with E-state index in [-0.39, 0.29) is 6.04 Å². The van der Waals surface area contributed by atoms with Crippen molar-refractivity contribution in [3.63, 3.8) is 0 Å². The Morgan fingerprint density at radius 3 is 2.38 bits per heavy atom. The molecule has 2 aromatic rings. The Labute approximate surface area is 128 Å². The molecule has 1 heterocycles. The van der Waals surface area contributed by atoms with Crippen LogP contribution in [0.5, 0.6) is 0 Å². The van der Waals surface area contributed by atoms with Gasteiger partial charge in [-0.05, 0) is 57.4 Å². The van der Waals surface area contributed by atoms with Crippen molar-refractivity contribution in [3.8, 4) is 0 Å². The summed E-state index contributed by atoms with van der Waals surface area (Å²) >= 11 is 0. The summed E-state index contributed by atoms with van der Waals surface area (Å²) < 4.78 is 1.98. The van der Waals surface area contributed by atoms with Gasteiger partial charge in [-0.3, -0.25) is 4.68 Å². The topological polar surface area (TPSA) is 29.9 Å². The summed E-state index contributed by atoms with van der Waals surface area (Å²) in [6.07, 6.45) is 1.12. The van der Waals surface area contributed by atoms with E-state index in [1.54, 1.807) is 0 Å². The van der Waals surface area contributed by atoms with Crippen LogP contribution in [0.25, 0.3) is 0 Å². The number of rotatable bonds is 5. The van der Waals surface area contributed by atoms with Gasteiger partial charge in [-0.25, -0.2) is 0 Å². The number of aryl methyl sites for hydroxylation is 4. The first kappa shape index (κ1) is 15.8. The molecule has 1 unspecified atom stereocenters. The Morgan fingerprint density at radius 1 is 1.14 bits per heavy atom. The molecule has 1 N–H and O–H groups in total.